The smallest absolute Gasteiger partial charge is 0.131 e. The normalized spacial score (nSPS) is 10.8. The van der Waals surface area contributed by atoms with Crippen LogP contribution in [0.15, 0.2) is 41.5 Å². The van der Waals surface area contributed by atoms with Gasteiger partial charge in [0.2, 0.25) is 0 Å². The van der Waals surface area contributed by atoms with Crippen molar-refractivity contribution in [3.63, 3.8) is 0 Å². The fraction of sp³-hybridized carbons (Fsp3) is 0.200. The molecule has 0 aliphatic heterocycles. The van der Waals surface area contributed by atoms with Crippen molar-refractivity contribution in [2.75, 3.05) is 14.2 Å². The first-order valence-electron chi connectivity index (χ1n) is 6.18. The van der Waals surface area contributed by atoms with Crippen LogP contribution in [0.4, 0.5) is 5.69 Å². The van der Waals surface area contributed by atoms with Crippen molar-refractivity contribution < 1.29 is 9.47 Å². The second-order valence-corrected chi connectivity index (χ2v) is 4.04. The average Bonchev–Trinajstić information content (AvgIpc) is 2.52. The van der Waals surface area contributed by atoms with Crippen molar-refractivity contribution in [3.05, 3.63) is 47.8 Å². The van der Waals surface area contributed by atoms with Crippen molar-refractivity contribution in [2.45, 2.75) is 6.54 Å². The summed E-state index contributed by atoms with van der Waals surface area (Å²) in [5.41, 5.74) is 8.01. The summed E-state index contributed by atoms with van der Waals surface area (Å²) < 4.78 is 10.5. The SMILES string of the molecule is COc1ccc(/C=N/c2cccnc2CN)c(OC)c1. The molecule has 0 fully saturated rings. The fourth-order valence-corrected chi connectivity index (χ4v) is 1.77. The van der Waals surface area contributed by atoms with Crippen LogP contribution in [0.2, 0.25) is 0 Å². The zero-order chi connectivity index (χ0) is 14.4. The van der Waals surface area contributed by atoms with Crippen LogP contribution < -0.4 is 15.2 Å². The maximum atomic E-state index is 5.64. The molecular weight excluding hydrogens is 254 g/mol. The number of hydrogen-bond acceptors (Lipinski definition) is 5. The third-order valence-electron chi connectivity index (χ3n) is 2.84. The minimum absolute atomic E-state index is 0.354. The monoisotopic (exact) mass is 271 g/mol. The molecule has 0 aliphatic rings. The summed E-state index contributed by atoms with van der Waals surface area (Å²) in [4.78, 5) is 8.61. The minimum atomic E-state index is 0.354. The lowest BCUT2D eigenvalue weighted by Crippen LogP contribution is -1.99. The third kappa shape index (κ3) is 3.13. The molecule has 2 rings (SSSR count). The summed E-state index contributed by atoms with van der Waals surface area (Å²) in [5, 5.41) is 0. The van der Waals surface area contributed by atoms with Crippen LogP contribution in [0.3, 0.4) is 0 Å². The van der Waals surface area contributed by atoms with E-state index < -0.39 is 0 Å². The van der Waals surface area contributed by atoms with Crippen molar-refractivity contribution in [3.8, 4) is 11.5 Å². The highest BCUT2D eigenvalue weighted by molar-refractivity contribution is 5.86. The zero-order valence-electron chi connectivity index (χ0n) is 11.5. The molecule has 0 radical (unpaired) electrons. The first kappa shape index (κ1) is 14.0. The Balaban J connectivity index is 2.31. The van der Waals surface area contributed by atoms with E-state index in [-0.39, 0.29) is 0 Å². The van der Waals surface area contributed by atoms with Gasteiger partial charge in [0.15, 0.2) is 0 Å². The summed E-state index contributed by atoms with van der Waals surface area (Å²) in [6.45, 7) is 0.354. The maximum absolute atomic E-state index is 5.64. The van der Waals surface area contributed by atoms with Crippen LogP contribution in [-0.4, -0.2) is 25.4 Å². The van der Waals surface area contributed by atoms with Gasteiger partial charge in [-0.05, 0) is 24.3 Å². The summed E-state index contributed by atoms with van der Waals surface area (Å²) >= 11 is 0. The van der Waals surface area contributed by atoms with E-state index in [2.05, 4.69) is 9.98 Å². The van der Waals surface area contributed by atoms with Gasteiger partial charge in [0.1, 0.15) is 11.5 Å². The van der Waals surface area contributed by atoms with Gasteiger partial charge in [0.25, 0.3) is 0 Å². The lowest BCUT2D eigenvalue weighted by Gasteiger charge is -2.07. The molecule has 0 aliphatic carbocycles. The quantitative estimate of drug-likeness (QED) is 0.847. The number of hydrogen-bond donors (Lipinski definition) is 1. The predicted molar refractivity (Wildman–Crippen MR) is 78.9 cm³/mol. The van der Waals surface area contributed by atoms with Crippen LogP contribution in [0.25, 0.3) is 0 Å². The van der Waals surface area contributed by atoms with Gasteiger partial charge in [-0.15, -0.1) is 0 Å². The predicted octanol–water partition coefficient (Wildman–Crippen LogP) is 2.31. The Morgan fingerprint density at radius 1 is 1.25 bits per heavy atom. The van der Waals surface area contributed by atoms with E-state index in [9.17, 15) is 0 Å². The number of aliphatic imine (C=N–C) groups is 1. The Labute approximate surface area is 118 Å². The molecule has 1 aromatic carbocycles. The van der Waals surface area contributed by atoms with E-state index in [0.717, 1.165) is 22.7 Å². The molecule has 0 bridgehead atoms. The van der Waals surface area contributed by atoms with Gasteiger partial charge in [-0.25, -0.2) is 0 Å². The minimum Gasteiger partial charge on any atom is -0.497 e. The lowest BCUT2D eigenvalue weighted by molar-refractivity contribution is 0.394. The Hall–Kier alpha value is -2.40. The molecule has 1 aromatic heterocycles. The highest BCUT2D eigenvalue weighted by Gasteiger charge is 2.03. The Kier molecular flexibility index (Phi) is 4.68. The van der Waals surface area contributed by atoms with Gasteiger partial charge in [0.05, 0.1) is 25.6 Å². The molecule has 1 heterocycles. The molecule has 2 N–H and O–H groups in total. The number of ether oxygens (including phenoxy) is 2. The number of nitrogens with zero attached hydrogens (tertiary/aromatic N) is 2. The molecule has 0 spiro atoms. The van der Waals surface area contributed by atoms with Gasteiger partial charge in [0, 0.05) is 30.6 Å². The molecule has 5 heteroatoms. The first-order chi connectivity index (χ1) is 9.78. The summed E-state index contributed by atoms with van der Waals surface area (Å²) in [6, 6.07) is 9.27. The second kappa shape index (κ2) is 6.68. The molecule has 0 saturated heterocycles. The van der Waals surface area contributed by atoms with Gasteiger partial charge in [-0.1, -0.05) is 0 Å². The Morgan fingerprint density at radius 3 is 2.80 bits per heavy atom. The highest BCUT2D eigenvalue weighted by Crippen LogP contribution is 2.24. The molecule has 0 unspecified atom stereocenters. The number of rotatable bonds is 5. The standard InChI is InChI=1S/C15H17N3O2/c1-19-12-6-5-11(15(8-12)20-2)10-18-13-4-3-7-17-14(13)9-16/h3-8,10H,9,16H2,1-2H3/b18-10+. The van der Waals surface area contributed by atoms with E-state index in [1.54, 1.807) is 26.6 Å². The highest BCUT2D eigenvalue weighted by atomic mass is 16.5. The van der Waals surface area contributed by atoms with Gasteiger partial charge < -0.3 is 15.2 Å². The summed E-state index contributed by atoms with van der Waals surface area (Å²) in [6.07, 6.45) is 3.43. The molecule has 5 nitrogen and oxygen atoms in total. The van der Waals surface area contributed by atoms with E-state index in [1.165, 1.54) is 0 Å². The largest absolute Gasteiger partial charge is 0.497 e. The van der Waals surface area contributed by atoms with E-state index in [1.807, 2.05) is 30.3 Å². The molecule has 2 aromatic rings. The Morgan fingerprint density at radius 2 is 2.10 bits per heavy atom. The molecule has 104 valence electrons. The van der Waals surface area contributed by atoms with Gasteiger partial charge in [-0.2, -0.15) is 0 Å². The molecular formula is C15H17N3O2. The number of aromatic nitrogens is 1. The lowest BCUT2D eigenvalue weighted by atomic mass is 10.2. The van der Waals surface area contributed by atoms with Gasteiger partial charge >= 0.3 is 0 Å². The van der Waals surface area contributed by atoms with Crippen molar-refractivity contribution in [2.24, 2.45) is 10.7 Å². The third-order valence-corrected chi connectivity index (χ3v) is 2.84. The Bertz CT molecular complexity index is 612. The number of methoxy groups -OCH3 is 2. The average molecular weight is 271 g/mol. The first-order valence-corrected chi connectivity index (χ1v) is 6.18. The number of nitrogens with two attached hydrogens (primary N) is 1. The fourth-order valence-electron chi connectivity index (χ4n) is 1.77. The van der Waals surface area contributed by atoms with Crippen molar-refractivity contribution in [1.82, 2.24) is 4.98 Å². The van der Waals surface area contributed by atoms with Crippen LogP contribution in [0.1, 0.15) is 11.3 Å². The molecule has 0 saturated carbocycles. The molecule has 20 heavy (non-hydrogen) atoms. The maximum Gasteiger partial charge on any atom is 0.131 e. The zero-order valence-corrected chi connectivity index (χ0v) is 11.5. The summed E-state index contributed by atoms with van der Waals surface area (Å²) in [5.74, 6) is 1.44. The number of benzene rings is 1. The van der Waals surface area contributed by atoms with Crippen LogP contribution in [-0.2, 0) is 6.54 Å². The van der Waals surface area contributed by atoms with E-state index >= 15 is 0 Å². The summed E-state index contributed by atoms with van der Waals surface area (Å²) in [7, 11) is 3.23. The molecule has 0 amide bonds. The molecule has 0 atom stereocenters. The van der Waals surface area contributed by atoms with E-state index in [0.29, 0.717) is 12.3 Å². The second-order valence-electron chi connectivity index (χ2n) is 4.04. The van der Waals surface area contributed by atoms with Crippen molar-refractivity contribution in [1.29, 1.82) is 0 Å². The van der Waals surface area contributed by atoms with E-state index in [4.69, 9.17) is 15.2 Å². The topological polar surface area (TPSA) is 69.7 Å². The van der Waals surface area contributed by atoms with Crippen molar-refractivity contribution >= 4 is 11.9 Å². The van der Waals surface area contributed by atoms with Gasteiger partial charge in [-0.3, -0.25) is 9.98 Å². The van der Waals surface area contributed by atoms with Crippen LogP contribution >= 0.6 is 0 Å². The van der Waals surface area contributed by atoms with Crippen LogP contribution in [0, 0.1) is 0 Å². The number of pyridine rings is 1. The van der Waals surface area contributed by atoms with Crippen LogP contribution in [0.5, 0.6) is 11.5 Å².